The number of likely N-dealkylation sites (tertiary alicyclic amines) is 1. The zero-order valence-corrected chi connectivity index (χ0v) is 9.56. The largest absolute Gasteiger partial charge is 0.528 e. The Bertz CT molecular complexity index is 371. The van der Waals surface area contributed by atoms with E-state index in [4.69, 9.17) is 0 Å². The second kappa shape index (κ2) is 4.32. The molecule has 0 N–H and O–H groups in total. The van der Waals surface area contributed by atoms with Crippen molar-refractivity contribution in [1.29, 1.82) is 0 Å². The summed E-state index contributed by atoms with van der Waals surface area (Å²) in [5, 5.41) is 0. The molecule has 0 bridgehead atoms. The SMILES string of the molecule is C[N+]1(OS(=O)(=O)C(F)(F)F)C(F)CCCC1F. The van der Waals surface area contributed by atoms with Crippen LogP contribution in [0.4, 0.5) is 22.0 Å². The summed E-state index contributed by atoms with van der Waals surface area (Å²) in [5.74, 6) is 0. The van der Waals surface area contributed by atoms with Crippen LogP contribution in [0.25, 0.3) is 0 Å². The van der Waals surface area contributed by atoms with Gasteiger partial charge in [-0.05, 0) is 6.42 Å². The minimum atomic E-state index is -6.03. The Morgan fingerprint density at radius 3 is 1.94 bits per heavy atom. The van der Waals surface area contributed by atoms with Crippen molar-refractivity contribution in [1.82, 2.24) is 0 Å². The molecule has 1 heterocycles. The van der Waals surface area contributed by atoms with Gasteiger partial charge in [0.1, 0.15) is 7.05 Å². The van der Waals surface area contributed by atoms with E-state index >= 15 is 0 Å². The van der Waals surface area contributed by atoms with Crippen molar-refractivity contribution in [2.45, 2.75) is 37.4 Å². The van der Waals surface area contributed by atoms with Crippen LogP contribution < -0.4 is 0 Å². The highest BCUT2D eigenvalue weighted by molar-refractivity contribution is 7.87. The van der Waals surface area contributed by atoms with E-state index in [1.807, 2.05) is 0 Å². The normalized spacial score (nSPS) is 35.9. The maximum atomic E-state index is 13.4. The lowest BCUT2D eigenvalue weighted by Gasteiger charge is -2.38. The van der Waals surface area contributed by atoms with Crippen molar-refractivity contribution < 1.29 is 39.3 Å². The number of alkyl halides is 5. The lowest BCUT2D eigenvalue weighted by atomic mass is 10.1. The van der Waals surface area contributed by atoms with Crippen LogP contribution in [0.2, 0.25) is 0 Å². The van der Waals surface area contributed by atoms with Gasteiger partial charge in [-0.1, -0.05) is 4.28 Å². The molecule has 1 saturated heterocycles. The molecule has 2 unspecified atom stereocenters. The zero-order chi connectivity index (χ0) is 13.5. The minimum absolute atomic E-state index is 0.117. The Kier molecular flexibility index (Phi) is 3.71. The number of piperidine rings is 1. The van der Waals surface area contributed by atoms with Gasteiger partial charge in [0.15, 0.2) is 0 Å². The van der Waals surface area contributed by atoms with Crippen molar-refractivity contribution in [3.8, 4) is 0 Å². The van der Waals surface area contributed by atoms with E-state index < -0.39 is 32.9 Å². The first-order valence-corrected chi connectivity index (χ1v) is 6.08. The van der Waals surface area contributed by atoms with Crippen LogP contribution in [-0.2, 0) is 14.4 Å². The minimum Gasteiger partial charge on any atom is -0.185 e. The highest BCUT2D eigenvalue weighted by Crippen LogP contribution is 2.36. The summed E-state index contributed by atoms with van der Waals surface area (Å²) in [6, 6.07) is 0. The molecular formula is C7H11F5NO3S+. The van der Waals surface area contributed by atoms with Gasteiger partial charge in [-0.2, -0.15) is 30.4 Å². The summed E-state index contributed by atoms with van der Waals surface area (Å²) in [4.78, 5) is 0. The fraction of sp³-hybridized carbons (Fsp3) is 1.00. The van der Waals surface area contributed by atoms with Crippen LogP contribution in [0, 0.1) is 0 Å². The first-order chi connectivity index (χ1) is 7.51. The van der Waals surface area contributed by atoms with Crippen LogP contribution in [-0.4, -0.2) is 38.2 Å². The molecule has 0 aromatic carbocycles. The fourth-order valence-electron chi connectivity index (χ4n) is 1.49. The van der Waals surface area contributed by atoms with Crippen molar-refractivity contribution in [2.24, 2.45) is 0 Å². The molecule has 0 aromatic heterocycles. The van der Waals surface area contributed by atoms with Crippen LogP contribution in [0.3, 0.4) is 0 Å². The Morgan fingerprint density at radius 1 is 1.18 bits per heavy atom. The van der Waals surface area contributed by atoms with Gasteiger partial charge >= 0.3 is 15.6 Å². The third-order valence-corrected chi connectivity index (χ3v) is 3.62. The summed E-state index contributed by atoms with van der Waals surface area (Å²) < 4.78 is 86.1. The number of nitrogens with zero attached hydrogens (tertiary/aromatic N) is 1. The van der Waals surface area contributed by atoms with Gasteiger partial charge in [0.2, 0.25) is 0 Å². The summed E-state index contributed by atoms with van der Waals surface area (Å²) >= 11 is 0. The Hall–Kier alpha value is -0.480. The molecule has 1 fully saturated rings. The Balaban J connectivity index is 2.99. The monoisotopic (exact) mass is 284 g/mol. The van der Waals surface area contributed by atoms with Crippen molar-refractivity contribution in [3.63, 3.8) is 0 Å². The second-order valence-electron chi connectivity index (χ2n) is 3.83. The topological polar surface area (TPSA) is 43.4 Å². The molecule has 4 nitrogen and oxygen atoms in total. The zero-order valence-electron chi connectivity index (χ0n) is 8.75. The van der Waals surface area contributed by atoms with Crippen molar-refractivity contribution >= 4 is 10.1 Å². The predicted molar refractivity (Wildman–Crippen MR) is 45.9 cm³/mol. The molecule has 0 spiro atoms. The van der Waals surface area contributed by atoms with E-state index in [1.165, 1.54) is 0 Å². The summed E-state index contributed by atoms with van der Waals surface area (Å²) in [6.45, 7) is 0. The lowest BCUT2D eigenvalue weighted by molar-refractivity contribution is -1.13. The van der Waals surface area contributed by atoms with Gasteiger partial charge in [0.25, 0.3) is 12.6 Å². The first kappa shape index (κ1) is 14.6. The average Bonchev–Trinajstić information content (AvgIpc) is 2.12. The van der Waals surface area contributed by atoms with Gasteiger partial charge in [-0.3, -0.25) is 0 Å². The molecule has 2 atom stereocenters. The van der Waals surface area contributed by atoms with E-state index in [2.05, 4.69) is 4.28 Å². The van der Waals surface area contributed by atoms with Crippen LogP contribution in [0.1, 0.15) is 19.3 Å². The van der Waals surface area contributed by atoms with Gasteiger partial charge in [-0.25, -0.2) is 0 Å². The van der Waals surface area contributed by atoms with Gasteiger partial charge in [0, 0.05) is 12.8 Å². The average molecular weight is 284 g/mol. The van der Waals surface area contributed by atoms with E-state index in [1.54, 1.807) is 0 Å². The molecule has 102 valence electrons. The molecule has 1 rings (SSSR count). The fourth-order valence-corrected chi connectivity index (χ4v) is 2.18. The van der Waals surface area contributed by atoms with E-state index in [0.29, 0.717) is 7.05 Å². The maximum Gasteiger partial charge on any atom is 0.528 e. The van der Waals surface area contributed by atoms with E-state index in [9.17, 15) is 30.4 Å². The number of hydrogen-bond donors (Lipinski definition) is 0. The highest BCUT2D eigenvalue weighted by atomic mass is 32.2. The van der Waals surface area contributed by atoms with Crippen LogP contribution in [0.5, 0.6) is 0 Å². The standard InChI is InChI=1S/C7H11F5NO3S/c1-13(5(8)3-2-4-6(13)9)16-17(14,15)7(10,11)12/h5-6H,2-4H2,1H3/q+1. The lowest BCUT2D eigenvalue weighted by Crippen LogP contribution is -2.59. The quantitative estimate of drug-likeness (QED) is 0.337. The van der Waals surface area contributed by atoms with Crippen molar-refractivity contribution in [3.05, 3.63) is 0 Å². The molecule has 0 aliphatic carbocycles. The summed E-state index contributed by atoms with van der Waals surface area (Å²) in [6.07, 6.45) is -4.72. The van der Waals surface area contributed by atoms with Crippen molar-refractivity contribution in [2.75, 3.05) is 7.05 Å². The van der Waals surface area contributed by atoms with E-state index in [0.717, 1.165) is 0 Å². The predicted octanol–water partition coefficient (Wildman–Crippen LogP) is 1.99. The highest BCUT2D eigenvalue weighted by Gasteiger charge is 2.58. The molecule has 0 saturated carbocycles. The summed E-state index contributed by atoms with van der Waals surface area (Å²) in [7, 11) is -5.39. The Morgan fingerprint density at radius 2 is 1.59 bits per heavy atom. The number of quaternary nitrogens is 1. The smallest absolute Gasteiger partial charge is 0.185 e. The van der Waals surface area contributed by atoms with Gasteiger partial charge < -0.3 is 0 Å². The van der Waals surface area contributed by atoms with E-state index in [-0.39, 0.29) is 19.3 Å². The molecule has 1 aliphatic rings. The molecular weight excluding hydrogens is 273 g/mol. The third kappa shape index (κ3) is 2.68. The van der Waals surface area contributed by atoms with Gasteiger partial charge in [0.05, 0.1) is 0 Å². The summed E-state index contributed by atoms with van der Waals surface area (Å²) in [5.41, 5.74) is -5.70. The second-order valence-corrected chi connectivity index (χ2v) is 5.35. The molecule has 10 heteroatoms. The number of halogens is 5. The number of hydrogen-bond acceptors (Lipinski definition) is 3. The third-order valence-electron chi connectivity index (χ3n) is 2.54. The van der Waals surface area contributed by atoms with Gasteiger partial charge in [-0.15, -0.1) is 4.65 Å². The molecule has 0 amide bonds. The molecule has 0 aromatic rings. The molecule has 17 heavy (non-hydrogen) atoms. The molecule has 1 aliphatic heterocycles. The van der Waals surface area contributed by atoms with Crippen LogP contribution in [0.15, 0.2) is 0 Å². The first-order valence-electron chi connectivity index (χ1n) is 4.67. The Labute approximate surface area is 94.6 Å². The number of rotatable bonds is 2. The van der Waals surface area contributed by atoms with Crippen LogP contribution >= 0.6 is 0 Å². The number of hydroxylamine groups is 3. The molecule has 0 radical (unpaired) electrons. The maximum absolute atomic E-state index is 13.4.